The molecule has 1 aromatic carbocycles. The van der Waals surface area contributed by atoms with E-state index in [9.17, 15) is 4.79 Å². The van der Waals surface area contributed by atoms with Gasteiger partial charge in [0.1, 0.15) is 12.4 Å². The highest BCUT2D eigenvalue weighted by Crippen LogP contribution is 2.21. The molecule has 0 aliphatic carbocycles. The minimum Gasteiger partial charge on any atom is -0.491 e. The summed E-state index contributed by atoms with van der Waals surface area (Å²) in [6, 6.07) is 5.89. The van der Waals surface area contributed by atoms with Gasteiger partial charge in [0.05, 0.1) is 6.54 Å². The van der Waals surface area contributed by atoms with Crippen molar-refractivity contribution in [1.82, 2.24) is 5.32 Å². The number of benzene rings is 1. The van der Waals surface area contributed by atoms with Crippen LogP contribution in [0.4, 0.5) is 0 Å². The number of hydrogen-bond acceptors (Lipinski definition) is 3. The number of rotatable bonds is 6. The second-order valence-electron chi connectivity index (χ2n) is 5.01. The summed E-state index contributed by atoms with van der Waals surface area (Å²) in [6.07, 6.45) is 0. The van der Waals surface area contributed by atoms with Gasteiger partial charge in [-0.2, -0.15) is 0 Å². The largest absolute Gasteiger partial charge is 0.491 e. The molecule has 0 saturated carbocycles. The molecule has 1 rings (SSSR count). The third-order valence-electron chi connectivity index (χ3n) is 3.26. The number of aryl methyl sites for hydroxylation is 2. The summed E-state index contributed by atoms with van der Waals surface area (Å²) >= 11 is 0. The van der Waals surface area contributed by atoms with Crippen LogP contribution in [0.5, 0.6) is 5.75 Å². The van der Waals surface area contributed by atoms with Crippen LogP contribution in [0.3, 0.4) is 0 Å². The summed E-state index contributed by atoms with van der Waals surface area (Å²) in [4.78, 5) is 11.7. The molecule has 0 saturated heterocycles. The molecule has 1 aromatic rings. The van der Waals surface area contributed by atoms with E-state index in [2.05, 4.69) is 5.32 Å². The van der Waals surface area contributed by atoms with E-state index < -0.39 is 0 Å². The Morgan fingerprint density at radius 1 is 1.32 bits per heavy atom. The monoisotopic (exact) mass is 264 g/mol. The standard InChI is InChI=1S/C15H24N2O2/c1-10-6-5-7-11(2)14(10)19-9-8-17-15(18)12(3)13(4)16/h5-7,12-13H,8-9,16H2,1-4H3,(H,17,18). The lowest BCUT2D eigenvalue weighted by Crippen LogP contribution is -2.40. The highest BCUT2D eigenvalue weighted by atomic mass is 16.5. The summed E-state index contributed by atoms with van der Waals surface area (Å²) in [5.74, 6) is 0.692. The van der Waals surface area contributed by atoms with Gasteiger partial charge in [-0.05, 0) is 31.9 Å². The molecule has 106 valence electrons. The van der Waals surface area contributed by atoms with Gasteiger partial charge < -0.3 is 15.8 Å². The molecule has 0 spiro atoms. The summed E-state index contributed by atoms with van der Waals surface area (Å²) < 4.78 is 5.71. The van der Waals surface area contributed by atoms with E-state index in [1.807, 2.05) is 45.9 Å². The number of nitrogens with two attached hydrogens (primary N) is 1. The molecule has 4 heteroatoms. The first-order valence-electron chi connectivity index (χ1n) is 6.65. The minimum absolute atomic E-state index is 0.0277. The van der Waals surface area contributed by atoms with Crippen molar-refractivity contribution in [3.05, 3.63) is 29.3 Å². The maximum Gasteiger partial charge on any atom is 0.224 e. The van der Waals surface area contributed by atoms with Gasteiger partial charge >= 0.3 is 0 Å². The molecule has 2 unspecified atom stereocenters. The number of nitrogens with one attached hydrogen (secondary N) is 1. The molecular weight excluding hydrogens is 240 g/mol. The van der Waals surface area contributed by atoms with Gasteiger partial charge in [0.2, 0.25) is 5.91 Å². The molecule has 2 atom stereocenters. The third-order valence-corrected chi connectivity index (χ3v) is 3.26. The van der Waals surface area contributed by atoms with Crippen molar-refractivity contribution in [1.29, 1.82) is 0 Å². The summed E-state index contributed by atoms with van der Waals surface area (Å²) in [6.45, 7) is 8.63. The zero-order chi connectivity index (χ0) is 14.4. The fourth-order valence-corrected chi connectivity index (χ4v) is 1.75. The van der Waals surface area contributed by atoms with Gasteiger partial charge in [-0.25, -0.2) is 0 Å². The fraction of sp³-hybridized carbons (Fsp3) is 0.533. The Balaban J connectivity index is 2.37. The predicted octanol–water partition coefficient (Wildman–Crippen LogP) is 1.78. The third kappa shape index (κ3) is 4.56. The lowest BCUT2D eigenvalue weighted by Gasteiger charge is -2.16. The summed E-state index contributed by atoms with van der Waals surface area (Å²) in [7, 11) is 0. The van der Waals surface area contributed by atoms with Crippen LogP contribution in [0.1, 0.15) is 25.0 Å². The first kappa shape index (κ1) is 15.5. The van der Waals surface area contributed by atoms with E-state index in [4.69, 9.17) is 10.5 Å². The number of amides is 1. The Kier molecular flexibility index (Phi) is 5.83. The second-order valence-corrected chi connectivity index (χ2v) is 5.01. The molecule has 1 amide bonds. The molecule has 0 heterocycles. The van der Waals surface area contributed by atoms with Crippen LogP contribution in [0, 0.1) is 19.8 Å². The maximum atomic E-state index is 11.7. The zero-order valence-electron chi connectivity index (χ0n) is 12.2. The normalized spacial score (nSPS) is 13.7. The first-order chi connectivity index (χ1) is 8.93. The fourth-order valence-electron chi connectivity index (χ4n) is 1.75. The van der Waals surface area contributed by atoms with Crippen molar-refractivity contribution in [2.75, 3.05) is 13.2 Å². The van der Waals surface area contributed by atoms with Crippen LogP contribution >= 0.6 is 0 Å². The average Bonchev–Trinajstić information content (AvgIpc) is 2.36. The molecule has 0 radical (unpaired) electrons. The Morgan fingerprint density at radius 3 is 2.42 bits per heavy atom. The minimum atomic E-state index is -0.180. The Bertz CT molecular complexity index is 410. The maximum absolute atomic E-state index is 11.7. The quantitative estimate of drug-likeness (QED) is 0.770. The van der Waals surface area contributed by atoms with Crippen molar-refractivity contribution >= 4 is 5.91 Å². The van der Waals surface area contributed by atoms with Crippen LogP contribution < -0.4 is 15.8 Å². The highest BCUT2D eigenvalue weighted by Gasteiger charge is 2.16. The molecule has 4 nitrogen and oxygen atoms in total. The van der Waals surface area contributed by atoms with Crippen molar-refractivity contribution in [2.45, 2.75) is 33.7 Å². The van der Waals surface area contributed by atoms with Crippen LogP contribution in [0.2, 0.25) is 0 Å². The number of ether oxygens (including phenoxy) is 1. The van der Waals surface area contributed by atoms with Gasteiger partial charge in [-0.1, -0.05) is 25.1 Å². The van der Waals surface area contributed by atoms with Gasteiger partial charge in [0.25, 0.3) is 0 Å². The molecule has 0 aromatic heterocycles. The Morgan fingerprint density at radius 2 is 1.89 bits per heavy atom. The van der Waals surface area contributed by atoms with Gasteiger partial charge in [-0.3, -0.25) is 4.79 Å². The summed E-state index contributed by atoms with van der Waals surface area (Å²) in [5.41, 5.74) is 7.89. The number of hydrogen-bond donors (Lipinski definition) is 2. The number of carbonyl (C=O) groups excluding carboxylic acids is 1. The number of para-hydroxylation sites is 1. The van der Waals surface area contributed by atoms with E-state index in [-0.39, 0.29) is 17.9 Å². The van der Waals surface area contributed by atoms with E-state index in [1.54, 1.807) is 0 Å². The lowest BCUT2D eigenvalue weighted by molar-refractivity contribution is -0.125. The van der Waals surface area contributed by atoms with E-state index >= 15 is 0 Å². The van der Waals surface area contributed by atoms with E-state index in [1.165, 1.54) is 0 Å². The first-order valence-corrected chi connectivity index (χ1v) is 6.65. The Hall–Kier alpha value is -1.55. The molecule has 0 bridgehead atoms. The molecular formula is C15H24N2O2. The van der Waals surface area contributed by atoms with Gasteiger partial charge in [0.15, 0.2) is 0 Å². The van der Waals surface area contributed by atoms with Crippen LogP contribution in [-0.2, 0) is 4.79 Å². The number of carbonyl (C=O) groups is 1. The van der Waals surface area contributed by atoms with Crippen LogP contribution in [0.25, 0.3) is 0 Å². The second kappa shape index (κ2) is 7.14. The van der Waals surface area contributed by atoms with Crippen LogP contribution in [-0.4, -0.2) is 25.1 Å². The molecule has 0 aliphatic rings. The summed E-state index contributed by atoms with van der Waals surface area (Å²) in [5, 5.41) is 2.83. The predicted molar refractivity (Wildman–Crippen MR) is 77.2 cm³/mol. The smallest absolute Gasteiger partial charge is 0.224 e. The molecule has 3 N–H and O–H groups in total. The van der Waals surface area contributed by atoms with E-state index in [0.717, 1.165) is 16.9 Å². The van der Waals surface area contributed by atoms with Crippen molar-refractivity contribution in [3.8, 4) is 5.75 Å². The SMILES string of the molecule is Cc1cccc(C)c1OCCNC(=O)C(C)C(C)N. The van der Waals surface area contributed by atoms with Crippen molar-refractivity contribution < 1.29 is 9.53 Å². The Labute approximate surface area is 115 Å². The highest BCUT2D eigenvalue weighted by molar-refractivity contribution is 5.78. The average molecular weight is 264 g/mol. The lowest BCUT2D eigenvalue weighted by atomic mass is 10.0. The topological polar surface area (TPSA) is 64.3 Å². The van der Waals surface area contributed by atoms with Crippen molar-refractivity contribution in [3.63, 3.8) is 0 Å². The van der Waals surface area contributed by atoms with Gasteiger partial charge in [-0.15, -0.1) is 0 Å². The van der Waals surface area contributed by atoms with Crippen LogP contribution in [0.15, 0.2) is 18.2 Å². The zero-order valence-corrected chi connectivity index (χ0v) is 12.2. The van der Waals surface area contributed by atoms with Gasteiger partial charge in [0, 0.05) is 12.0 Å². The molecule has 0 aliphatic heterocycles. The van der Waals surface area contributed by atoms with Crippen molar-refractivity contribution in [2.24, 2.45) is 11.7 Å². The molecule has 0 fully saturated rings. The van der Waals surface area contributed by atoms with E-state index in [0.29, 0.717) is 13.2 Å². The molecule has 19 heavy (non-hydrogen) atoms.